The van der Waals surface area contributed by atoms with Crippen LogP contribution in [0.3, 0.4) is 0 Å². The number of benzene rings is 2. The fourth-order valence-electron chi connectivity index (χ4n) is 2.49. The molecule has 0 spiro atoms. The van der Waals surface area contributed by atoms with Crippen LogP contribution < -0.4 is 14.8 Å². The standard InChI is InChI=1S/C19H14ClF3N2O3S/c1-27-12-4-6-15(28-2)10(7-12)8-16-17(26)25-18(29-16)24-11-3-5-14(20)13(9-11)19(21,22)23/h3-9H,1-2H3,(H,24,25,26)/b16-8-. The summed E-state index contributed by atoms with van der Waals surface area (Å²) in [4.78, 5) is 16.6. The zero-order valence-corrected chi connectivity index (χ0v) is 16.7. The number of rotatable bonds is 4. The van der Waals surface area contributed by atoms with E-state index in [2.05, 4.69) is 10.3 Å². The van der Waals surface area contributed by atoms with Crippen LogP contribution in [0.15, 0.2) is 46.3 Å². The Morgan fingerprint density at radius 3 is 2.55 bits per heavy atom. The highest BCUT2D eigenvalue weighted by Gasteiger charge is 2.33. The highest BCUT2D eigenvalue weighted by molar-refractivity contribution is 8.18. The number of amidine groups is 1. The number of hydrogen-bond acceptors (Lipinski definition) is 5. The van der Waals surface area contributed by atoms with Gasteiger partial charge in [0.15, 0.2) is 5.17 Å². The molecule has 152 valence electrons. The highest BCUT2D eigenvalue weighted by atomic mass is 35.5. The van der Waals surface area contributed by atoms with Crippen molar-refractivity contribution in [3.63, 3.8) is 0 Å². The molecular formula is C19H14ClF3N2O3S. The van der Waals surface area contributed by atoms with Gasteiger partial charge in [-0.2, -0.15) is 13.2 Å². The Kier molecular flexibility index (Phi) is 6.09. The lowest BCUT2D eigenvalue weighted by atomic mass is 10.1. The van der Waals surface area contributed by atoms with Gasteiger partial charge in [-0.1, -0.05) is 11.6 Å². The predicted octanol–water partition coefficient (Wildman–Crippen LogP) is 5.27. The van der Waals surface area contributed by atoms with Crippen LogP contribution in [0.2, 0.25) is 5.02 Å². The molecular weight excluding hydrogens is 429 g/mol. The Balaban J connectivity index is 1.90. The van der Waals surface area contributed by atoms with Gasteiger partial charge in [-0.15, -0.1) is 0 Å². The average Bonchev–Trinajstić information content (AvgIpc) is 3.01. The van der Waals surface area contributed by atoms with E-state index in [-0.39, 0.29) is 10.9 Å². The van der Waals surface area contributed by atoms with Crippen molar-refractivity contribution in [2.45, 2.75) is 6.18 Å². The van der Waals surface area contributed by atoms with Crippen molar-refractivity contribution in [2.24, 2.45) is 4.99 Å². The normalized spacial score (nSPS) is 17.0. The molecule has 0 atom stereocenters. The molecule has 10 heteroatoms. The van der Waals surface area contributed by atoms with Crippen LogP contribution in [-0.4, -0.2) is 25.3 Å². The molecule has 1 heterocycles. The summed E-state index contributed by atoms with van der Waals surface area (Å²) in [5.41, 5.74) is -0.367. The number of alkyl halides is 3. The number of carbonyl (C=O) groups is 1. The van der Waals surface area contributed by atoms with Gasteiger partial charge in [-0.05, 0) is 54.2 Å². The lowest BCUT2D eigenvalue weighted by Gasteiger charge is -2.09. The number of thioether (sulfide) groups is 1. The van der Waals surface area contributed by atoms with Gasteiger partial charge in [0.25, 0.3) is 5.91 Å². The Morgan fingerprint density at radius 2 is 1.90 bits per heavy atom. The third kappa shape index (κ3) is 4.86. The van der Waals surface area contributed by atoms with E-state index in [4.69, 9.17) is 21.1 Å². The van der Waals surface area contributed by atoms with Crippen LogP contribution in [0, 0.1) is 0 Å². The molecule has 0 aromatic heterocycles. The van der Waals surface area contributed by atoms with Crippen molar-refractivity contribution in [1.82, 2.24) is 5.32 Å². The van der Waals surface area contributed by atoms with Gasteiger partial charge in [0.05, 0.1) is 35.4 Å². The SMILES string of the molecule is COc1ccc(OC)c(/C=C2\SC(=Nc3ccc(Cl)c(C(F)(F)F)c3)NC2=O)c1. The molecule has 0 radical (unpaired) electrons. The smallest absolute Gasteiger partial charge is 0.417 e. The fourth-order valence-corrected chi connectivity index (χ4v) is 3.55. The first kappa shape index (κ1) is 21.1. The summed E-state index contributed by atoms with van der Waals surface area (Å²) < 4.78 is 49.5. The number of methoxy groups -OCH3 is 2. The molecule has 1 amide bonds. The topological polar surface area (TPSA) is 59.9 Å². The van der Waals surface area contributed by atoms with Crippen LogP contribution >= 0.6 is 23.4 Å². The molecule has 0 aliphatic carbocycles. The molecule has 1 N–H and O–H groups in total. The second kappa shape index (κ2) is 8.38. The van der Waals surface area contributed by atoms with Gasteiger partial charge in [-0.3, -0.25) is 4.79 Å². The lowest BCUT2D eigenvalue weighted by Crippen LogP contribution is -2.19. The highest BCUT2D eigenvalue weighted by Crippen LogP contribution is 2.38. The molecule has 2 aromatic rings. The molecule has 1 aliphatic heterocycles. The third-order valence-electron chi connectivity index (χ3n) is 3.86. The van der Waals surface area contributed by atoms with E-state index in [9.17, 15) is 18.0 Å². The quantitative estimate of drug-likeness (QED) is 0.655. The van der Waals surface area contributed by atoms with Crippen molar-refractivity contribution in [1.29, 1.82) is 0 Å². The van der Waals surface area contributed by atoms with E-state index in [0.717, 1.165) is 23.9 Å². The average molecular weight is 443 g/mol. The summed E-state index contributed by atoms with van der Waals surface area (Å²) in [6, 6.07) is 8.39. The Labute approximate surface area is 173 Å². The Morgan fingerprint density at radius 1 is 1.14 bits per heavy atom. The molecule has 1 saturated heterocycles. The van der Waals surface area contributed by atoms with Crippen molar-refractivity contribution in [2.75, 3.05) is 14.2 Å². The molecule has 5 nitrogen and oxygen atoms in total. The van der Waals surface area contributed by atoms with Gasteiger partial charge >= 0.3 is 6.18 Å². The lowest BCUT2D eigenvalue weighted by molar-refractivity contribution is -0.137. The first-order valence-corrected chi connectivity index (χ1v) is 9.29. The maximum atomic E-state index is 13.0. The molecule has 0 unspecified atom stereocenters. The van der Waals surface area contributed by atoms with E-state index in [1.807, 2.05) is 0 Å². The maximum absolute atomic E-state index is 13.0. The van der Waals surface area contributed by atoms with E-state index in [1.54, 1.807) is 24.3 Å². The summed E-state index contributed by atoms with van der Waals surface area (Å²) >= 11 is 6.61. The number of nitrogens with zero attached hydrogens (tertiary/aromatic N) is 1. The fraction of sp³-hybridized carbons (Fsp3) is 0.158. The minimum atomic E-state index is -4.60. The Bertz CT molecular complexity index is 1020. The summed E-state index contributed by atoms with van der Waals surface area (Å²) in [6.07, 6.45) is -3.01. The first-order valence-electron chi connectivity index (χ1n) is 8.09. The van der Waals surface area contributed by atoms with Crippen LogP contribution in [0.4, 0.5) is 18.9 Å². The van der Waals surface area contributed by atoms with Crippen molar-refractivity contribution in [3.05, 3.63) is 57.5 Å². The zero-order valence-electron chi connectivity index (χ0n) is 15.1. The minimum Gasteiger partial charge on any atom is -0.497 e. The monoisotopic (exact) mass is 442 g/mol. The van der Waals surface area contributed by atoms with E-state index >= 15 is 0 Å². The molecule has 29 heavy (non-hydrogen) atoms. The maximum Gasteiger partial charge on any atom is 0.417 e. The van der Waals surface area contributed by atoms with Crippen molar-refractivity contribution >= 4 is 46.2 Å². The number of amides is 1. The summed E-state index contributed by atoms with van der Waals surface area (Å²) in [5, 5.41) is 2.26. The van der Waals surface area contributed by atoms with Gasteiger partial charge in [0, 0.05) is 5.56 Å². The predicted molar refractivity (Wildman–Crippen MR) is 107 cm³/mol. The van der Waals surface area contributed by atoms with E-state index in [1.165, 1.54) is 20.3 Å². The second-order valence-electron chi connectivity index (χ2n) is 5.75. The number of hydrogen-bond donors (Lipinski definition) is 1. The number of aliphatic imine (C=N–C) groups is 1. The summed E-state index contributed by atoms with van der Waals surface area (Å²) in [7, 11) is 3.01. The molecule has 0 bridgehead atoms. The zero-order chi connectivity index (χ0) is 21.2. The first-order chi connectivity index (χ1) is 13.7. The number of ether oxygens (including phenoxy) is 2. The van der Waals surface area contributed by atoms with Gasteiger partial charge in [0.2, 0.25) is 0 Å². The number of halogens is 4. The van der Waals surface area contributed by atoms with Crippen LogP contribution in [0.5, 0.6) is 11.5 Å². The molecule has 1 fully saturated rings. The Hall–Kier alpha value is -2.65. The van der Waals surface area contributed by atoms with E-state index < -0.39 is 22.7 Å². The number of carbonyl (C=O) groups excluding carboxylic acids is 1. The molecule has 2 aromatic carbocycles. The van der Waals surface area contributed by atoms with Crippen LogP contribution in [0.1, 0.15) is 11.1 Å². The third-order valence-corrected chi connectivity index (χ3v) is 5.10. The second-order valence-corrected chi connectivity index (χ2v) is 7.19. The minimum absolute atomic E-state index is 0.0183. The summed E-state index contributed by atoms with van der Waals surface area (Å²) in [5.74, 6) is 0.684. The largest absolute Gasteiger partial charge is 0.497 e. The molecule has 0 saturated carbocycles. The molecule has 1 aliphatic rings. The van der Waals surface area contributed by atoms with Crippen molar-refractivity contribution < 1.29 is 27.4 Å². The summed E-state index contributed by atoms with van der Waals surface area (Å²) in [6.45, 7) is 0. The van der Waals surface area contributed by atoms with Crippen LogP contribution in [0.25, 0.3) is 6.08 Å². The van der Waals surface area contributed by atoms with Gasteiger partial charge < -0.3 is 14.8 Å². The van der Waals surface area contributed by atoms with Gasteiger partial charge in [-0.25, -0.2) is 4.99 Å². The van der Waals surface area contributed by atoms with Gasteiger partial charge in [0.1, 0.15) is 11.5 Å². The van der Waals surface area contributed by atoms with Crippen molar-refractivity contribution in [3.8, 4) is 11.5 Å². The van der Waals surface area contributed by atoms with E-state index in [0.29, 0.717) is 22.0 Å². The number of nitrogens with one attached hydrogen (secondary N) is 1. The molecule has 3 rings (SSSR count). The van der Waals surface area contributed by atoms with Crippen LogP contribution in [-0.2, 0) is 11.0 Å².